The Balaban J connectivity index is 1.80. The summed E-state index contributed by atoms with van der Waals surface area (Å²) in [5, 5.41) is 15.5. The predicted octanol–water partition coefficient (Wildman–Crippen LogP) is 3.31. The summed E-state index contributed by atoms with van der Waals surface area (Å²) in [4.78, 5) is 29.4. The van der Waals surface area contributed by atoms with Gasteiger partial charge in [-0.15, -0.1) is 10.2 Å². The average Bonchev–Trinajstić information content (AvgIpc) is 3.57. The maximum atomic E-state index is 13.5. The highest BCUT2D eigenvalue weighted by molar-refractivity contribution is 5.87. The summed E-state index contributed by atoms with van der Waals surface area (Å²) in [5.41, 5.74) is 0.664. The van der Waals surface area contributed by atoms with Crippen molar-refractivity contribution >= 4 is 11.8 Å². The van der Waals surface area contributed by atoms with Crippen LogP contribution in [0.15, 0.2) is 41.0 Å². The predicted molar refractivity (Wildman–Crippen MR) is 137 cm³/mol. The van der Waals surface area contributed by atoms with Crippen molar-refractivity contribution in [3.8, 4) is 22.9 Å². The van der Waals surface area contributed by atoms with Crippen LogP contribution in [0.3, 0.4) is 0 Å². The topological polar surface area (TPSA) is 125 Å². The Morgan fingerprint density at radius 2 is 1.92 bits per heavy atom. The molecule has 2 heterocycles. The SMILES string of the molecule is CCC[C@H](C(=O)NCCC(C)C)N(Cc1ccco1)C(=O)Cn1nnc(-c2ccc(OC)c(OC)c2)n1. The maximum absolute atomic E-state index is 13.5. The van der Waals surface area contributed by atoms with E-state index < -0.39 is 6.04 Å². The van der Waals surface area contributed by atoms with Crippen molar-refractivity contribution in [2.75, 3.05) is 20.8 Å². The summed E-state index contributed by atoms with van der Waals surface area (Å²) in [7, 11) is 3.10. The van der Waals surface area contributed by atoms with E-state index in [-0.39, 0.29) is 24.9 Å². The third-order valence-electron chi connectivity index (χ3n) is 5.86. The first-order valence-electron chi connectivity index (χ1n) is 12.5. The largest absolute Gasteiger partial charge is 0.493 e. The van der Waals surface area contributed by atoms with Gasteiger partial charge in [0.2, 0.25) is 17.6 Å². The fourth-order valence-corrected chi connectivity index (χ4v) is 3.86. The number of nitrogens with zero attached hydrogens (tertiary/aromatic N) is 5. The Kier molecular flexibility index (Phi) is 10.0. The molecule has 3 aromatic rings. The third-order valence-corrected chi connectivity index (χ3v) is 5.86. The van der Waals surface area contributed by atoms with E-state index in [0.717, 1.165) is 12.8 Å². The number of amides is 2. The molecule has 0 aliphatic heterocycles. The Morgan fingerprint density at radius 1 is 1.14 bits per heavy atom. The second kappa shape index (κ2) is 13.4. The van der Waals surface area contributed by atoms with Gasteiger partial charge in [0.25, 0.3) is 0 Å². The van der Waals surface area contributed by atoms with Gasteiger partial charge in [0.15, 0.2) is 11.5 Å². The van der Waals surface area contributed by atoms with E-state index in [2.05, 4.69) is 34.6 Å². The van der Waals surface area contributed by atoms with Gasteiger partial charge < -0.3 is 24.1 Å². The second-order valence-electron chi connectivity index (χ2n) is 9.09. The van der Waals surface area contributed by atoms with Crippen molar-refractivity contribution in [2.24, 2.45) is 5.92 Å². The van der Waals surface area contributed by atoms with Gasteiger partial charge in [0.1, 0.15) is 18.3 Å². The number of furan rings is 1. The van der Waals surface area contributed by atoms with Crippen LogP contribution in [0.1, 0.15) is 45.8 Å². The average molecular weight is 513 g/mol. The zero-order chi connectivity index (χ0) is 26.8. The zero-order valence-corrected chi connectivity index (χ0v) is 22.1. The molecule has 1 atom stereocenters. The number of carbonyl (C=O) groups is 2. The lowest BCUT2D eigenvalue weighted by atomic mass is 10.1. The number of ether oxygens (including phenoxy) is 2. The Morgan fingerprint density at radius 3 is 2.57 bits per heavy atom. The molecule has 0 spiro atoms. The van der Waals surface area contributed by atoms with E-state index in [1.54, 1.807) is 50.8 Å². The summed E-state index contributed by atoms with van der Waals surface area (Å²) >= 11 is 0. The van der Waals surface area contributed by atoms with Crippen LogP contribution >= 0.6 is 0 Å². The zero-order valence-electron chi connectivity index (χ0n) is 22.1. The molecule has 2 amide bonds. The van der Waals surface area contributed by atoms with Crippen LogP contribution in [0, 0.1) is 5.92 Å². The van der Waals surface area contributed by atoms with E-state index in [1.165, 1.54) is 9.70 Å². The van der Waals surface area contributed by atoms with E-state index in [4.69, 9.17) is 13.9 Å². The monoisotopic (exact) mass is 512 g/mol. The molecular weight excluding hydrogens is 476 g/mol. The van der Waals surface area contributed by atoms with Gasteiger partial charge >= 0.3 is 0 Å². The number of hydrogen-bond acceptors (Lipinski definition) is 8. The highest BCUT2D eigenvalue weighted by Gasteiger charge is 2.30. The summed E-state index contributed by atoms with van der Waals surface area (Å²) in [6.45, 7) is 6.72. The van der Waals surface area contributed by atoms with Crippen molar-refractivity contribution in [1.29, 1.82) is 0 Å². The van der Waals surface area contributed by atoms with Crippen LogP contribution in [0.25, 0.3) is 11.4 Å². The van der Waals surface area contributed by atoms with Crippen LogP contribution in [-0.2, 0) is 22.7 Å². The quantitative estimate of drug-likeness (QED) is 0.349. The molecular formula is C26H36N6O5. The second-order valence-corrected chi connectivity index (χ2v) is 9.09. The number of aromatic nitrogens is 4. The van der Waals surface area contributed by atoms with E-state index in [9.17, 15) is 9.59 Å². The van der Waals surface area contributed by atoms with Crippen LogP contribution in [0.5, 0.6) is 11.5 Å². The third kappa shape index (κ3) is 7.55. The van der Waals surface area contributed by atoms with Crippen molar-refractivity contribution in [1.82, 2.24) is 30.4 Å². The lowest BCUT2D eigenvalue weighted by Crippen LogP contribution is -2.50. The number of methoxy groups -OCH3 is 2. The normalized spacial score (nSPS) is 11.8. The van der Waals surface area contributed by atoms with E-state index >= 15 is 0 Å². The standard InChI is InChI=1S/C26H36N6O5/c1-6-8-21(26(34)27-13-12-18(2)3)31(16-20-9-7-14-37-20)24(33)17-32-29-25(28-30-32)19-10-11-22(35-4)23(15-19)36-5/h7,9-11,14-15,18,21H,6,8,12-13,16-17H2,1-5H3,(H,27,34)/t21-/m1/s1. The van der Waals surface area contributed by atoms with Crippen LogP contribution in [-0.4, -0.2) is 63.7 Å². The van der Waals surface area contributed by atoms with Gasteiger partial charge in [-0.25, -0.2) is 0 Å². The van der Waals surface area contributed by atoms with Crippen molar-refractivity contribution in [3.05, 3.63) is 42.4 Å². The number of hydrogen-bond donors (Lipinski definition) is 1. The van der Waals surface area contributed by atoms with E-state index in [0.29, 0.717) is 47.5 Å². The Labute approximate surface area is 217 Å². The molecule has 0 unspecified atom stereocenters. The Hall–Kier alpha value is -3.89. The molecule has 0 saturated carbocycles. The number of rotatable bonds is 14. The molecule has 37 heavy (non-hydrogen) atoms. The molecule has 1 N–H and O–H groups in total. The molecule has 0 aliphatic rings. The molecule has 2 aromatic heterocycles. The number of benzene rings is 1. The number of carbonyl (C=O) groups excluding carboxylic acids is 2. The van der Waals surface area contributed by atoms with Crippen LogP contribution < -0.4 is 14.8 Å². The minimum Gasteiger partial charge on any atom is -0.493 e. The van der Waals surface area contributed by atoms with Gasteiger partial charge in [-0.1, -0.05) is 27.2 Å². The first kappa shape index (κ1) is 27.7. The number of nitrogens with one attached hydrogen (secondary N) is 1. The molecule has 0 aliphatic carbocycles. The van der Waals surface area contributed by atoms with Gasteiger partial charge in [0.05, 0.1) is 27.0 Å². The van der Waals surface area contributed by atoms with Gasteiger partial charge in [-0.05, 0) is 54.3 Å². The maximum Gasteiger partial charge on any atom is 0.247 e. The summed E-state index contributed by atoms with van der Waals surface area (Å²) in [5.74, 6) is 2.00. The summed E-state index contributed by atoms with van der Waals surface area (Å²) in [6, 6.07) is 8.16. The fraction of sp³-hybridized carbons (Fsp3) is 0.500. The smallest absolute Gasteiger partial charge is 0.247 e. The lowest BCUT2D eigenvalue weighted by Gasteiger charge is -2.30. The Bertz CT molecular complexity index is 1140. The first-order valence-corrected chi connectivity index (χ1v) is 12.5. The van der Waals surface area contributed by atoms with Crippen molar-refractivity contribution in [3.63, 3.8) is 0 Å². The highest BCUT2D eigenvalue weighted by atomic mass is 16.5. The molecule has 1 aromatic carbocycles. The lowest BCUT2D eigenvalue weighted by molar-refractivity contribution is -0.142. The van der Waals surface area contributed by atoms with Crippen molar-refractivity contribution in [2.45, 2.75) is 59.2 Å². The van der Waals surface area contributed by atoms with Crippen LogP contribution in [0.4, 0.5) is 0 Å². The fourth-order valence-electron chi connectivity index (χ4n) is 3.86. The van der Waals surface area contributed by atoms with E-state index in [1.807, 2.05) is 6.92 Å². The molecule has 0 radical (unpaired) electrons. The number of tetrazole rings is 1. The first-order chi connectivity index (χ1) is 17.9. The molecule has 11 nitrogen and oxygen atoms in total. The minimum atomic E-state index is -0.649. The molecule has 0 fully saturated rings. The highest BCUT2D eigenvalue weighted by Crippen LogP contribution is 2.30. The van der Waals surface area contributed by atoms with Gasteiger partial charge in [-0.3, -0.25) is 9.59 Å². The molecule has 3 rings (SSSR count). The van der Waals surface area contributed by atoms with Crippen molar-refractivity contribution < 1.29 is 23.5 Å². The molecule has 0 saturated heterocycles. The molecule has 0 bridgehead atoms. The van der Waals surface area contributed by atoms with Gasteiger partial charge in [0, 0.05) is 12.1 Å². The minimum absolute atomic E-state index is 0.158. The summed E-state index contributed by atoms with van der Waals surface area (Å²) in [6.07, 6.45) is 3.65. The van der Waals surface area contributed by atoms with Crippen LogP contribution in [0.2, 0.25) is 0 Å². The molecule has 11 heteroatoms. The summed E-state index contributed by atoms with van der Waals surface area (Å²) < 4.78 is 16.1. The van der Waals surface area contributed by atoms with Gasteiger partial charge in [-0.2, -0.15) is 4.80 Å². The molecule has 200 valence electrons.